The van der Waals surface area contributed by atoms with E-state index in [4.69, 9.17) is 11.6 Å². The molecular weight excluding hydrogens is 302 g/mol. The number of nitrogens with zero attached hydrogens (tertiary/aromatic N) is 1. The number of halogens is 1. The molecule has 0 bridgehead atoms. The highest BCUT2D eigenvalue weighted by molar-refractivity contribution is 7.18. The van der Waals surface area contributed by atoms with Gasteiger partial charge in [-0.3, -0.25) is 14.9 Å². The molecule has 5 nitrogen and oxygen atoms in total. The first-order chi connectivity index (χ1) is 9.47. The molecule has 7 heteroatoms. The molecule has 0 unspecified atom stereocenters. The molecule has 0 spiro atoms. The van der Waals surface area contributed by atoms with Crippen molar-refractivity contribution in [2.24, 2.45) is 0 Å². The fraction of sp³-hybridized carbons (Fsp3) is 0. The van der Waals surface area contributed by atoms with Crippen LogP contribution in [0.1, 0.15) is 15.2 Å². The van der Waals surface area contributed by atoms with Crippen molar-refractivity contribution in [1.29, 1.82) is 0 Å². The van der Waals surface area contributed by atoms with Gasteiger partial charge >= 0.3 is 0 Å². The van der Waals surface area contributed by atoms with Gasteiger partial charge in [-0.15, -0.1) is 11.3 Å². The third kappa shape index (κ3) is 3.23. The maximum Gasteiger partial charge on any atom is 0.262 e. The van der Waals surface area contributed by atoms with Crippen LogP contribution < -0.4 is 5.11 Å². The summed E-state index contributed by atoms with van der Waals surface area (Å²) in [6, 6.07) is 6.87. The van der Waals surface area contributed by atoms with Crippen LogP contribution in [0.4, 0.5) is 5.69 Å². The molecule has 0 amide bonds. The Balaban J connectivity index is 2.21. The molecule has 1 aromatic heterocycles. The first kappa shape index (κ1) is 14.2. The highest BCUT2D eigenvalue weighted by Crippen LogP contribution is 2.25. The third-order valence-corrected chi connectivity index (χ3v) is 3.67. The first-order valence-corrected chi connectivity index (χ1v) is 6.60. The number of benzene rings is 1. The number of carbonyl (C=O) groups excluding carboxylic acids is 1. The van der Waals surface area contributed by atoms with Gasteiger partial charge in [0, 0.05) is 6.07 Å². The van der Waals surface area contributed by atoms with Crippen molar-refractivity contribution in [2.45, 2.75) is 0 Å². The molecule has 102 valence electrons. The van der Waals surface area contributed by atoms with Gasteiger partial charge < -0.3 is 5.11 Å². The lowest BCUT2D eigenvalue weighted by Gasteiger charge is -2.05. The Bertz CT molecular complexity index is 708. The van der Waals surface area contributed by atoms with E-state index in [2.05, 4.69) is 0 Å². The summed E-state index contributed by atoms with van der Waals surface area (Å²) < 4.78 is 0.507. The smallest absolute Gasteiger partial charge is 0.262 e. The number of ketones is 1. The Morgan fingerprint density at radius 3 is 2.65 bits per heavy atom. The summed E-state index contributed by atoms with van der Waals surface area (Å²) in [7, 11) is 0. The quantitative estimate of drug-likeness (QED) is 0.375. The summed E-state index contributed by atoms with van der Waals surface area (Å²) >= 11 is 6.88. The van der Waals surface area contributed by atoms with Gasteiger partial charge in [-0.05, 0) is 29.5 Å². The van der Waals surface area contributed by atoms with E-state index in [1.54, 1.807) is 12.1 Å². The monoisotopic (exact) mass is 308 g/mol. The lowest BCUT2D eigenvalue weighted by atomic mass is 10.1. The van der Waals surface area contributed by atoms with Crippen molar-refractivity contribution >= 4 is 40.5 Å². The largest absolute Gasteiger partial charge is 0.868 e. The van der Waals surface area contributed by atoms with E-state index in [0.29, 0.717) is 14.8 Å². The molecule has 0 saturated heterocycles. The Morgan fingerprint density at radius 2 is 2.05 bits per heavy atom. The number of nitro groups is 1. The standard InChI is InChI=1S/C13H8ClNO4S/c14-13-6-5-12(20-13)11(17)4-2-8-1-3-10(16)9(7-8)15(18)19/h1-7,16H/p-1/b4-2+. The van der Waals surface area contributed by atoms with Gasteiger partial charge in [0.15, 0.2) is 5.78 Å². The summed E-state index contributed by atoms with van der Waals surface area (Å²) in [6.07, 6.45) is 2.70. The van der Waals surface area contributed by atoms with Gasteiger partial charge in [-0.2, -0.15) is 0 Å². The summed E-state index contributed by atoms with van der Waals surface area (Å²) in [5, 5.41) is 21.9. The Labute approximate surface area is 122 Å². The van der Waals surface area contributed by atoms with Gasteiger partial charge in [0.25, 0.3) is 5.69 Å². The molecule has 1 heterocycles. The van der Waals surface area contributed by atoms with Crippen LogP contribution in [0.15, 0.2) is 36.4 Å². The number of carbonyl (C=O) groups is 1. The summed E-state index contributed by atoms with van der Waals surface area (Å²) in [5.74, 6) is -0.917. The van der Waals surface area contributed by atoms with E-state index in [1.165, 1.54) is 18.2 Å². The van der Waals surface area contributed by atoms with Crippen LogP contribution in [0.2, 0.25) is 4.34 Å². The fourth-order valence-electron chi connectivity index (χ4n) is 1.48. The maximum atomic E-state index is 11.8. The second-order valence-corrected chi connectivity index (χ2v) is 5.50. The third-order valence-electron chi connectivity index (χ3n) is 2.42. The minimum absolute atomic E-state index is 0.254. The molecule has 2 rings (SSSR count). The second kappa shape index (κ2) is 5.85. The van der Waals surface area contributed by atoms with E-state index >= 15 is 0 Å². The van der Waals surface area contributed by atoms with E-state index in [9.17, 15) is 20.0 Å². The van der Waals surface area contributed by atoms with Crippen LogP contribution in [0.3, 0.4) is 0 Å². The van der Waals surface area contributed by atoms with Gasteiger partial charge in [0.2, 0.25) is 0 Å². The number of nitro benzene ring substituents is 1. The van der Waals surface area contributed by atoms with E-state index in [1.807, 2.05) is 0 Å². The highest BCUT2D eigenvalue weighted by Gasteiger charge is 2.08. The first-order valence-electron chi connectivity index (χ1n) is 5.40. The minimum Gasteiger partial charge on any atom is -0.868 e. The van der Waals surface area contributed by atoms with E-state index < -0.39 is 16.4 Å². The fourth-order valence-corrected chi connectivity index (χ4v) is 2.44. The highest BCUT2D eigenvalue weighted by atomic mass is 35.5. The lowest BCUT2D eigenvalue weighted by Crippen LogP contribution is -1.97. The van der Waals surface area contributed by atoms with Crippen molar-refractivity contribution in [3.05, 3.63) is 61.3 Å². The second-order valence-electron chi connectivity index (χ2n) is 3.79. The van der Waals surface area contributed by atoms with Crippen LogP contribution in [0.25, 0.3) is 6.08 Å². The van der Waals surface area contributed by atoms with Gasteiger partial charge in [-0.25, -0.2) is 0 Å². The lowest BCUT2D eigenvalue weighted by molar-refractivity contribution is -0.398. The zero-order chi connectivity index (χ0) is 14.7. The van der Waals surface area contributed by atoms with Crippen LogP contribution in [0.5, 0.6) is 5.75 Å². The number of rotatable bonds is 4. The predicted octanol–water partition coefficient (Wildman–Crippen LogP) is 3.28. The van der Waals surface area contributed by atoms with Gasteiger partial charge in [-0.1, -0.05) is 29.8 Å². The molecule has 0 fully saturated rings. The van der Waals surface area contributed by atoms with Crippen molar-refractivity contribution in [1.82, 2.24) is 0 Å². The zero-order valence-electron chi connectivity index (χ0n) is 9.91. The predicted molar refractivity (Wildman–Crippen MR) is 75.2 cm³/mol. The molecule has 0 saturated carbocycles. The van der Waals surface area contributed by atoms with Crippen LogP contribution in [-0.4, -0.2) is 10.7 Å². The zero-order valence-corrected chi connectivity index (χ0v) is 11.5. The number of hydrogen-bond donors (Lipinski definition) is 0. The van der Waals surface area contributed by atoms with Crippen LogP contribution in [0, 0.1) is 10.1 Å². The van der Waals surface area contributed by atoms with Crippen LogP contribution >= 0.6 is 22.9 Å². The molecule has 0 aliphatic rings. The van der Waals surface area contributed by atoms with Crippen LogP contribution in [-0.2, 0) is 0 Å². The maximum absolute atomic E-state index is 11.8. The SMILES string of the molecule is O=C(/C=C/c1ccc([O-])c([N+](=O)[O-])c1)c1ccc(Cl)s1. The normalized spacial score (nSPS) is 10.8. The van der Waals surface area contributed by atoms with E-state index in [0.717, 1.165) is 23.5 Å². The van der Waals surface area contributed by atoms with Crippen molar-refractivity contribution < 1.29 is 14.8 Å². The molecule has 0 atom stereocenters. The van der Waals surface area contributed by atoms with Crippen molar-refractivity contribution in [3.8, 4) is 5.75 Å². The molecule has 2 aromatic rings. The van der Waals surface area contributed by atoms with Gasteiger partial charge in [0.1, 0.15) is 0 Å². The van der Waals surface area contributed by atoms with Crippen molar-refractivity contribution in [3.63, 3.8) is 0 Å². The summed E-state index contributed by atoms with van der Waals surface area (Å²) in [5.41, 5.74) is -0.105. The molecule has 20 heavy (non-hydrogen) atoms. The van der Waals surface area contributed by atoms with Gasteiger partial charge in [0.05, 0.1) is 14.1 Å². The molecular formula is C13H7ClNO4S-. The molecule has 0 N–H and O–H groups in total. The Morgan fingerprint density at radius 1 is 1.30 bits per heavy atom. The molecule has 0 aliphatic heterocycles. The number of allylic oxidation sites excluding steroid dienone is 1. The topological polar surface area (TPSA) is 83.3 Å². The number of thiophene rings is 1. The Kier molecular flexibility index (Phi) is 4.16. The summed E-state index contributed by atoms with van der Waals surface area (Å²) in [4.78, 5) is 22.1. The molecule has 0 radical (unpaired) electrons. The van der Waals surface area contributed by atoms with Crippen molar-refractivity contribution in [2.75, 3.05) is 0 Å². The summed E-state index contributed by atoms with van der Waals surface area (Å²) in [6.45, 7) is 0. The minimum atomic E-state index is -0.749. The number of hydrogen-bond acceptors (Lipinski definition) is 5. The molecule has 1 aromatic carbocycles. The average Bonchev–Trinajstić information content (AvgIpc) is 2.84. The molecule has 0 aliphatic carbocycles. The Hall–Kier alpha value is -2.18. The average molecular weight is 309 g/mol. The van der Waals surface area contributed by atoms with E-state index in [-0.39, 0.29) is 5.78 Å².